The average Bonchev–Trinajstić information content (AvgIpc) is 2.72. The molecule has 0 saturated heterocycles. The van der Waals surface area contributed by atoms with Gasteiger partial charge < -0.3 is 10.4 Å². The lowest BCUT2D eigenvalue weighted by Gasteiger charge is -2.13. The van der Waals surface area contributed by atoms with E-state index in [2.05, 4.69) is 28.2 Å². The van der Waals surface area contributed by atoms with Crippen molar-refractivity contribution in [3.05, 3.63) is 28.2 Å². The summed E-state index contributed by atoms with van der Waals surface area (Å²) in [4.78, 5) is 11.0. The number of hydrogen-bond donors (Lipinski definition) is 2. The number of carboxylic acid groups (broad SMARTS) is 1. The van der Waals surface area contributed by atoms with Crippen LogP contribution in [-0.2, 0) is 0 Å². The SMILES string of the molecule is CC1CCC(CNc2cc(Br)cc(C(=O)O)c2)C1. The highest BCUT2D eigenvalue weighted by Crippen LogP contribution is 2.30. The van der Waals surface area contributed by atoms with Gasteiger partial charge in [-0.05, 0) is 42.9 Å². The topological polar surface area (TPSA) is 49.3 Å². The molecule has 2 rings (SSSR count). The summed E-state index contributed by atoms with van der Waals surface area (Å²) in [5, 5.41) is 12.3. The van der Waals surface area contributed by atoms with Gasteiger partial charge in [0.15, 0.2) is 0 Å². The Hall–Kier alpha value is -1.03. The van der Waals surface area contributed by atoms with Crippen molar-refractivity contribution in [3.63, 3.8) is 0 Å². The summed E-state index contributed by atoms with van der Waals surface area (Å²) in [6, 6.07) is 5.22. The second-order valence-electron chi connectivity index (χ2n) is 5.20. The number of halogens is 1. The lowest BCUT2D eigenvalue weighted by molar-refractivity contribution is 0.0697. The second kappa shape index (κ2) is 5.74. The van der Waals surface area contributed by atoms with Gasteiger partial charge in [-0.3, -0.25) is 0 Å². The number of benzene rings is 1. The zero-order valence-electron chi connectivity index (χ0n) is 10.4. The van der Waals surface area contributed by atoms with Crippen LogP contribution in [0.1, 0.15) is 36.5 Å². The Balaban J connectivity index is 1.98. The van der Waals surface area contributed by atoms with Crippen LogP contribution in [0.15, 0.2) is 22.7 Å². The third-order valence-corrected chi connectivity index (χ3v) is 4.00. The van der Waals surface area contributed by atoms with Gasteiger partial charge in [0.2, 0.25) is 0 Å². The van der Waals surface area contributed by atoms with E-state index in [9.17, 15) is 4.79 Å². The summed E-state index contributed by atoms with van der Waals surface area (Å²) >= 11 is 3.34. The molecule has 1 aromatic carbocycles. The van der Waals surface area contributed by atoms with E-state index < -0.39 is 5.97 Å². The van der Waals surface area contributed by atoms with Crippen LogP contribution in [0.2, 0.25) is 0 Å². The molecule has 1 aliphatic carbocycles. The Morgan fingerprint density at radius 3 is 2.83 bits per heavy atom. The standard InChI is InChI=1S/C14H18BrNO2/c1-9-2-3-10(4-9)8-16-13-6-11(14(17)18)5-12(15)7-13/h5-7,9-10,16H,2-4,8H2,1H3,(H,17,18). The first kappa shape index (κ1) is 13.4. The first-order chi connectivity index (χ1) is 8.54. The van der Waals surface area contributed by atoms with Crippen LogP contribution in [-0.4, -0.2) is 17.6 Å². The fraction of sp³-hybridized carbons (Fsp3) is 0.500. The molecule has 2 atom stereocenters. The van der Waals surface area contributed by atoms with E-state index in [1.165, 1.54) is 19.3 Å². The molecular formula is C14H18BrNO2. The highest BCUT2D eigenvalue weighted by molar-refractivity contribution is 9.10. The maximum absolute atomic E-state index is 11.0. The number of aromatic carboxylic acids is 1. The smallest absolute Gasteiger partial charge is 0.335 e. The summed E-state index contributed by atoms with van der Waals surface area (Å²) in [6.45, 7) is 3.22. The molecule has 98 valence electrons. The van der Waals surface area contributed by atoms with E-state index in [1.54, 1.807) is 12.1 Å². The lowest BCUT2D eigenvalue weighted by Crippen LogP contribution is -2.12. The Labute approximate surface area is 116 Å². The molecule has 0 bridgehead atoms. The molecule has 0 spiro atoms. The zero-order chi connectivity index (χ0) is 13.1. The Morgan fingerprint density at radius 1 is 1.44 bits per heavy atom. The average molecular weight is 312 g/mol. The van der Waals surface area contributed by atoms with E-state index in [0.717, 1.165) is 22.6 Å². The van der Waals surface area contributed by atoms with Crippen molar-refractivity contribution in [3.8, 4) is 0 Å². The number of nitrogens with one attached hydrogen (secondary N) is 1. The number of hydrogen-bond acceptors (Lipinski definition) is 2. The molecular weight excluding hydrogens is 294 g/mol. The molecule has 0 aliphatic heterocycles. The van der Waals surface area contributed by atoms with E-state index >= 15 is 0 Å². The van der Waals surface area contributed by atoms with Crippen molar-refractivity contribution >= 4 is 27.6 Å². The van der Waals surface area contributed by atoms with Crippen LogP contribution in [0.25, 0.3) is 0 Å². The van der Waals surface area contributed by atoms with Gasteiger partial charge in [0.05, 0.1) is 5.56 Å². The molecule has 2 N–H and O–H groups in total. The normalized spacial score (nSPS) is 23.0. The van der Waals surface area contributed by atoms with Crippen LogP contribution in [0.5, 0.6) is 0 Å². The van der Waals surface area contributed by atoms with Gasteiger partial charge in [0.25, 0.3) is 0 Å². The molecule has 1 aromatic rings. The predicted molar refractivity (Wildman–Crippen MR) is 76.1 cm³/mol. The van der Waals surface area contributed by atoms with Crippen LogP contribution in [0.3, 0.4) is 0 Å². The monoisotopic (exact) mass is 311 g/mol. The summed E-state index contributed by atoms with van der Waals surface area (Å²) in [5.74, 6) is 0.648. The lowest BCUT2D eigenvalue weighted by atomic mass is 10.1. The van der Waals surface area contributed by atoms with Crippen molar-refractivity contribution in [2.24, 2.45) is 11.8 Å². The first-order valence-corrected chi connectivity index (χ1v) is 7.11. The molecule has 4 heteroatoms. The molecule has 0 radical (unpaired) electrons. The van der Waals surface area contributed by atoms with Crippen molar-refractivity contribution in [1.29, 1.82) is 0 Å². The zero-order valence-corrected chi connectivity index (χ0v) is 12.0. The van der Waals surface area contributed by atoms with Crippen molar-refractivity contribution in [2.45, 2.75) is 26.2 Å². The minimum atomic E-state index is -0.895. The summed E-state index contributed by atoms with van der Waals surface area (Å²) in [5.41, 5.74) is 1.19. The van der Waals surface area contributed by atoms with Crippen LogP contribution in [0.4, 0.5) is 5.69 Å². The van der Waals surface area contributed by atoms with Gasteiger partial charge in [0, 0.05) is 16.7 Å². The van der Waals surface area contributed by atoms with E-state index in [-0.39, 0.29) is 0 Å². The fourth-order valence-corrected chi connectivity index (χ4v) is 3.08. The molecule has 0 amide bonds. The number of carboxylic acids is 1. The summed E-state index contributed by atoms with van der Waals surface area (Å²) in [6.07, 6.45) is 3.85. The van der Waals surface area contributed by atoms with Gasteiger partial charge in [0.1, 0.15) is 0 Å². The van der Waals surface area contributed by atoms with Gasteiger partial charge in [-0.25, -0.2) is 4.79 Å². The van der Waals surface area contributed by atoms with Gasteiger partial charge in [-0.1, -0.05) is 29.3 Å². The third-order valence-electron chi connectivity index (χ3n) is 3.54. The molecule has 1 aliphatic rings. The molecule has 1 saturated carbocycles. The van der Waals surface area contributed by atoms with Gasteiger partial charge in [-0.15, -0.1) is 0 Å². The Morgan fingerprint density at radius 2 is 2.22 bits per heavy atom. The van der Waals surface area contributed by atoms with E-state index in [4.69, 9.17) is 5.11 Å². The predicted octanol–water partition coefficient (Wildman–Crippen LogP) is 4.00. The molecule has 0 aromatic heterocycles. The summed E-state index contributed by atoms with van der Waals surface area (Å²) in [7, 11) is 0. The largest absolute Gasteiger partial charge is 0.478 e. The fourth-order valence-electron chi connectivity index (χ4n) is 2.59. The highest BCUT2D eigenvalue weighted by atomic mass is 79.9. The molecule has 0 heterocycles. The summed E-state index contributed by atoms with van der Waals surface area (Å²) < 4.78 is 0.796. The quantitative estimate of drug-likeness (QED) is 0.883. The van der Waals surface area contributed by atoms with Crippen LogP contribution < -0.4 is 5.32 Å². The van der Waals surface area contributed by atoms with Crippen LogP contribution >= 0.6 is 15.9 Å². The van der Waals surface area contributed by atoms with Gasteiger partial charge >= 0.3 is 5.97 Å². The Bertz CT molecular complexity index is 447. The molecule has 3 nitrogen and oxygen atoms in total. The van der Waals surface area contributed by atoms with E-state index in [0.29, 0.717) is 11.5 Å². The van der Waals surface area contributed by atoms with Gasteiger partial charge in [-0.2, -0.15) is 0 Å². The highest BCUT2D eigenvalue weighted by Gasteiger charge is 2.20. The number of anilines is 1. The minimum absolute atomic E-state index is 0.312. The molecule has 18 heavy (non-hydrogen) atoms. The Kier molecular flexibility index (Phi) is 4.27. The van der Waals surface area contributed by atoms with Crippen molar-refractivity contribution < 1.29 is 9.90 Å². The molecule has 2 unspecified atom stereocenters. The van der Waals surface area contributed by atoms with Crippen molar-refractivity contribution in [2.75, 3.05) is 11.9 Å². The maximum atomic E-state index is 11.0. The number of rotatable bonds is 4. The van der Waals surface area contributed by atoms with E-state index in [1.807, 2.05) is 6.07 Å². The third kappa shape index (κ3) is 3.48. The molecule has 1 fully saturated rings. The second-order valence-corrected chi connectivity index (χ2v) is 6.11. The van der Waals surface area contributed by atoms with Crippen LogP contribution in [0, 0.1) is 11.8 Å². The minimum Gasteiger partial charge on any atom is -0.478 e. The number of carbonyl (C=O) groups is 1. The first-order valence-electron chi connectivity index (χ1n) is 6.32. The van der Waals surface area contributed by atoms with Crippen molar-refractivity contribution in [1.82, 2.24) is 0 Å². The maximum Gasteiger partial charge on any atom is 0.335 e.